The Morgan fingerprint density at radius 3 is 2.94 bits per heavy atom. The Labute approximate surface area is 105 Å². The number of hydrogen-bond acceptors (Lipinski definition) is 4. The molecule has 0 spiro atoms. The smallest absolute Gasteiger partial charge is 0.408 e. The highest BCUT2D eigenvalue weighted by Gasteiger charge is 2.09. The molecular weight excluding hydrogens is 230 g/mol. The van der Waals surface area contributed by atoms with Crippen molar-refractivity contribution in [1.29, 1.82) is 0 Å². The van der Waals surface area contributed by atoms with Crippen LogP contribution in [0.3, 0.4) is 0 Å². The van der Waals surface area contributed by atoms with E-state index in [0.29, 0.717) is 11.1 Å². The van der Waals surface area contributed by atoms with Crippen LogP contribution in [0, 0.1) is 0 Å². The van der Waals surface area contributed by atoms with Crippen molar-refractivity contribution >= 4 is 16.8 Å². The minimum absolute atomic E-state index is 0.124. The molecule has 2 rings (SSSR count). The lowest BCUT2D eigenvalue weighted by molar-refractivity contribution is 0.465. The highest BCUT2D eigenvalue weighted by Crippen LogP contribution is 2.16. The SMILES string of the molecule is CC(C)(N)CCCNc1ccc2oc(=O)[nH]c2c1. The van der Waals surface area contributed by atoms with E-state index >= 15 is 0 Å². The second-order valence-corrected chi connectivity index (χ2v) is 5.24. The van der Waals surface area contributed by atoms with Crippen molar-refractivity contribution in [2.24, 2.45) is 5.73 Å². The summed E-state index contributed by atoms with van der Waals surface area (Å²) in [6.07, 6.45) is 1.97. The molecule has 98 valence electrons. The summed E-state index contributed by atoms with van der Waals surface area (Å²) in [5.74, 6) is -0.424. The van der Waals surface area contributed by atoms with Crippen molar-refractivity contribution in [3.63, 3.8) is 0 Å². The lowest BCUT2D eigenvalue weighted by atomic mass is 10.0. The maximum atomic E-state index is 11.0. The van der Waals surface area contributed by atoms with Gasteiger partial charge >= 0.3 is 5.76 Å². The maximum absolute atomic E-state index is 11.0. The van der Waals surface area contributed by atoms with E-state index in [9.17, 15) is 4.79 Å². The Balaban J connectivity index is 1.93. The van der Waals surface area contributed by atoms with Crippen LogP contribution in [-0.4, -0.2) is 17.1 Å². The quantitative estimate of drug-likeness (QED) is 0.708. The van der Waals surface area contributed by atoms with Gasteiger partial charge < -0.3 is 15.5 Å². The van der Waals surface area contributed by atoms with E-state index < -0.39 is 5.76 Å². The Morgan fingerprint density at radius 2 is 2.22 bits per heavy atom. The zero-order valence-corrected chi connectivity index (χ0v) is 10.7. The molecule has 0 aliphatic carbocycles. The average Bonchev–Trinajstić information content (AvgIpc) is 2.62. The van der Waals surface area contributed by atoms with E-state index in [1.165, 1.54) is 0 Å². The van der Waals surface area contributed by atoms with Gasteiger partial charge in [-0.3, -0.25) is 4.98 Å². The second-order valence-electron chi connectivity index (χ2n) is 5.24. The molecule has 0 atom stereocenters. The molecule has 2 aromatic rings. The first-order valence-electron chi connectivity index (χ1n) is 6.10. The van der Waals surface area contributed by atoms with Gasteiger partial charge in [0.05, 0.1) is 5.52 Å². The van der Waals surface area contributed by atoms with Crippen LogP contribution in [0.1, 0.15) is 26.7 Å². The van der Waals surface area contributed by atoms with Gasteiger partial charge in [0.15, 0.2) is 5.58 Å². The molecule has 1 aromatic carbocycles. The van der Waals surface area contributed by atoms with Gasteiger partial charge in [-0.15, -0.1) is 0 Å². The summed E-state index contributed by atoms with van der Waals surface area (Å²) < 4.78 is 4.94. The monoisotopic (exact) mass is 249 g/mol. The fourth-order valence-electron chi connectivity index (χ4n) is 1.84. The first kappa shape index (κ1) is 12.7. The first-order chi connectivity index (χ1) is 8.44. The fraction of sp³-hybridized carbons (Fsp3) is 0.462. The molecule has 5 heteroatoms. The number of H-pyrrole nitrogens is 1. The molecule has 1 aromatic heterocycles. The number of nitrogens with two attached hydrogens (primary N) is 1. The molecule has 0 unspecified atom stereocenters. The van der Waals surface area contributed by atoms with E-state index in [-0.39, 0.29) is 5.54 Å². The number of nitrogens with one attached hydrogen (secondary N) is 2. The minimum Gasteiger partial charge on any atom is -0.408 e. The van der Waals surface area contributed by atoms with Crippen LogP contribution in [0.2, 0.25) is 0 Å². The van der Waals surface area contributed by atoms with Gasteiger partial charge in [-0.2, -0.15) is 0 Å². The summed E-state index contributed by atoms with van der Waals surface area (Å²) in [5, 5.41) is 3.30. The van der Waals surface area contributed by atoms with Crippen molar-refractivity contribution in [2.75, 3.05) is 11.9 Å². The van der Waals surface area contributed by atoms with Crippen molar-refractivity contribution in [2.45, 2.75) is 32.2 Å². The zero-order valence-electron chi connectivity index (χ0n) is 10.7. The van der Waals surface area contributed by atoms with Gasteiger partial charge in [0.25, 0.3) is 0 Å². The summed E-state index contributed by atoms with van der Waals surface area (Å²) in [5.41, 5.74) is 8.05. The van der Waals surface area contributed by atoms with Crippen molar-refractivity contribution in [3.8, 4) is 0 Å². The molecular formula is C13H19N3O2. The predicted octanol–water partition coefficient (Wildman–Crippen LogP) is 2.05. The maximum Gasteiger partial charge on any atom is 0.417 e. The summed E-state index contributed by atoms with van der Waals surface area (Å²) in [6, 6.07) is 5.54. The largest absolute Gasteiger partial charge is 0.417 e. The van der Waals surface area contributed by atoms with Crippen LogP contribution >= 0.6 is 0 Å². The molecule has 1 heterocycles. The van der Waals surface area contributed by atoms with Gasteiger partial charge in [0.1, 0.15) is 0 Å². The van der Waals surface area contributed by atoms with Gasteiger partial charge in [-0.05, 0) is 44.9 Å². The number of anilines is 1. The van der Waals surface area contributed by atoms with E-state index in [0.717, 1.165) is 25.1 Å². The summed E-state index contributed by atoms with van der Waals surface area (Å²) in [7, 11) is 0. The van der Waals surface area contributed by atoms with Crippen LogP contribution in [0.4, 0.5) is 5.69 Å². The number of oxazole rings is 1. The first-order valence-corrected chi connectivity index (χ1v) is 6.10. The number of rotatable bonds is 5. The summed E-state index contributed by atoms with van der Waals surface area (Å²) >= 11 is 0. The van der Waals surface area contributed by atoms with Gasteiger partial charge in [-0.25, -0.2) is 4.79 Å². The lowest BCUT2D eigenvalue weighted by Crippen LogP contribution is -2.32. The summed E-state index contributed by atoms with van der Waals surface area (Å²) in [6.45, 7) is 4.90. The number of hydrogen-bond donors (Lipinski definition) is 3. The molecule has 4 N–H and O–H groups in total. The standard InChI is InChI=1S/C13H19N3O2/c1-13(2,14)6-3-7-15-9-4-5-11-10(8-9)16-12(17)18-11/h4-5,8,15H,3,6-7,14H2,1-2H3,(H,16,17). The van der Waals surface area contributed by atoms with Gasteiger partial charge in [-0.1, -0.05) is 0 Å². The van der Waals surface area contributed by atoms with E-state index in [2.05, 4.69) is 10.3 Å². The normalized spacial score (nSPS) is 11.9. The Kier molecular flexibility index (Phi) is 3.43. The van der Waals surface area contributed by atoms with Crippen LogP contribution in [0.5, 0.6) is 0 Å². The van der Waals surface area contributed by atoms with E-state index in [1.54, 1.807) is 6.07 Å². The van der Waals surface area contributed by atoms with Crippen LogP contribution in [0.15, 0.2) is 27.4 Å². The number of aromatic nitrogens is 1. The zero-order chi connectivity index (χ0) is 13.2. The van der Waals surface area contributed by atoms with E-state index in [4.69, 9.17) is 10.2 Å². The van der Waals surface area contributed by atoms with Crippen LogP contribution < -0.4 is 16.8 Å². The third kappa shape index (κ3) is 3.37. The molecule has 0 fully saturated rings. The lowest BCUT2D eigenvalue weighted by Gasteiger charge is -2.18. The van der Waals surface area contributed by atoms with Gasteiger partial charge in [0, 0.05) is 17.8 Å². The number of benzene rings is 1. The fourth-order valence-corrected chi connectivity index (χ4v) is 1.84. The third-order valence-corrected chi connectivity index (χ3v) is 2.75. The van der Waals surface area contributed by atoms with E-state index in [1.807, 2.05) is 26.0 Å². The molecule has 18 heavy (non-hydrogen) atoms. The Hall–Kier alpha value is -1.75. The summed E-state index contributed by atoms with van der Waals surface area (Å²) in [4.78, 5) is 13.6. The molecule has 0 aliphatic rings. The highest BCUT2D eigenvalue weighted by molar-refractivity contribution is 5.76. The average molecular weight is 249 g/mol. The molecule has 0 bridgehead atoms. The second kappa shape index (κ2) is 4.86. The minimum atomic E-state index is -0.424. The number of aromatic amines is 1. The molecule has 0 aliphatic heterocycles. The molecule has 0 radical (unpaired) electrons. The van der Waals surface area contributed by atoms with Crippen molar-refractivity contribution < 1.29 is 4.42 Å². The Morgan fingerprint density at radius 1 is 1.44 bits per heavy atom. The van der Waals surface area contributed by atoms with Crippen molar-refractivity contribution in [1.82, 2.24) is 4.98 Å². The van der Waals surface area contributed by atoms with Crippen molar-refractivity contribution in [3.05, 3.63) is 28.7 Å². The predicted molar refractivity (Wildman–Crippen MR) is 72.8 cm³/mol. The Bertz CT molecular complexity index is 578. The number of fused-ring (bicyclic) bond motifs is 1. The highest BCUT2D eigenvalue weighted by atomic mass is 16.4. The third-order valence-electron chi connectivity index (χ3n) is 2.75. The molecule has 0 saturated carbocycles. The molecule has 0 saturated heterocycles. The van der Waals surface area contributed by atoms with Crippen LogP contribution in [0.25, 0.3) is 11.1 Å². The topological polar surface area (TPSA) is 84.0 Å². The van der Waals surface area contributed by atoms with Gasteiger partial charge in [0.2, 0.25) is 0 Å². The molecule has 0 amide bonds. The molecule has 5 nitrogen and oxygen atoms in total. The van der Waals surface area contributed by atoms with Crippen LogP contribution in [-0.2, 0) is 0 Å².